The van der Waals surface area contributed by atoms with Crippen LogP contribution in [0.4, 0.5) is 0 Å². The van der Waals surface area contributed by atoms with Crippen LogP contribution in [-0.4, -0.2) is 18.0 Å². The fourth-order valence-corrected chi connectivity index (χ4v) is 12.5. The zero-order valence-electron chi connectivity index (χ0n) is 33.1. The van der Waals surface area contributed by atoms with Crippen molar-refractivity contribution in [3.05, 3.63) is 228 Å². The monoisotopic (exact) mass is 800 g/mol. The zero-order valence-corrected chi connectivity index (χ0v) is 34.9. The first-order chi connectivity index (χ1) is 28.3. The first-order valence-corrected chi connectivity index (χ1v) is 22.2. The van der Waals surface area contributed by atoms with Gasteiger partial charge in [0.1, 0.15) is 18.0 Å². The summed E-state index contributed by atoms with van der Waals surface area (Å²) in [4.78, 5) is 0. The molecule has 2 aliphatic heterocycles. The highest BCUT2D eigenvalue weighted by molar-refractivity contribution is 7.80. The maximum atomic E-state index is 7.74. The Labute approximate surface area is 344 Å². The number of aryl methyl sites for hydroxylation is 1. The van der Waals surface area contributed by atoms with Gasteiger partial charge in [-0.05, 0) is 85.7 Å². The van der Waals surface area contributed by atoms with E-state index in [0.717, 1.165) is 44.4 Å². The lowest BCUT2D eigenvalue weighted by atomic mass is 9.72. The van der Waals surface area contributed by atoms with Crippen molar-refractivity contribution in [2.75, 3.05) is 0 Å². The van der Waals surface area contributed by atoms with E-state index in [2.05, 4.69) is 135 Å². The lowest BCUT2D eigenvalue weighted by molar-refractivity contribution is -0.175. The highest BCUT2D eigenvalue weighted by atomic mass is 31.2. The van der Waals surface area contributed by atoms with Gasteiger partial charge in [-0.1, -0.05) is 188 Å². The lowest BCUT2D eigenvalue weighted by Gasteiger charge is -2.41. The van der Waals surface area contributed by atoms with E-state index >= 15 is 0 Å². The summed E-state index contributed by atoms with van der Waals surface area (Å²) in [7, 11) is -3.31. The number of hydrogen-bond acceptors (Lipinski definition) is 5. The van der Waals surface area contributed by atoms with E-state index in [1.54, 1.807) is 0 Å². The van der Waals surface area contributed by atoms with Gasteiger partial charge in [0.25, 0.3) is 0 Å². The standard InChI is InChI=1S/C51H46O5P2/c1-37-35-36-45(57(43-31-19-9-20-32-43)44-33-21-10-22-34-44)46(38(37)2)54-58-55-50(39-23-11-5-12-24-39,40-25-13-6-14-26-40)47-48(53-49(3,4)52-47)51(56-58,41-27-15-7-16-28-41)42-29-17-8-18-30-42/h5-36,47-48H,1-4H3/t47-,48-/m1/s1. The SMILES string of the molecule is Cc1ccc(P(c2ccccc2)c2ccccc2)c(OP2OC(c3ccccc3)(c3ccccc3)[C@@H]3OC(C)(C)O[C@H]3C(c3ccccc3)(c3ccccc3)O2)c1C. The van der Waals surface area contributed by atoms with Gasteiger partial charge in [0.2, 0.25) is 0 Å². The molecule has 2 aliphatic rings. The molecule has 0 amide bonds. The minimum atomic E-state index is -2.26. The van der Waals surface area contributed by atoms with Gasteiger partial charge in [0, 0.05) is 5.30 Å². The van der Waals surface area contributed by atoms with Gasteiger partial charge < -0.3 is 14.0 Å². The summed E-state index contributed by atoms with van der Waals surface area (Å²) < 4.78 is 37.4. The Morgan fingerprint density at radius 3 is 1.17 bits per heavy atom. The second-order valence-electron chi connectivity index (χ2n) is 15.3. The third kappa shape index (κ3) is 6.91. The summed E-state index contributed by atoms with van der Waals surface area (Å²) in [6.45, 7) is 8.21. The Balaban J connectivity index is 1.33. The van der Waals surface area contributed by atoms with E-state index in [4.69, 9.17) is 23.0 Å². The van der Waals surface area contributed by atoms with Crippen molar-refractivity contribution in [1.82, 2.24) is 0 Å². The molecule has 2 heterocycles. The zero-order chi connectivity index (χ0) is 39.7. The molecule has 9 rings (SSSR count). The van der Waals surface area contributed by atoms with Crippen LogP contribution in [0.5, 0.6) is 5.75 Å². The van der Waals surface area contributed by atoms with Crippen LogP contribution in [0.25, 0.3) is 0 Å². The Morgan fingerprint density at radius 2 is 0.810 bits per heavy atom. The molecular formula is C51H46O5P2. The highest BCUT2D eigenvalue weighted by Gasteiger charge is 2.67. The van der Waals surface area contributed by atoms with Crippen LogP contribution in [-0.2, 0) is 29.7 Å². The lowest BCUT2D eigenvalue weighted by Crippen LogP contribution is -2.53. The quantitative estimate of drug-likeness (QED) is 0.136. The summed E-state index contributed by atoms with van der Waals surface area (Å²) in [6.07, 6.45) is -1.40. The Bertz CT molecular complexity index is 2230. The average Bonchev–Trinajstić information content (AvgIpc) is 3.56. The molecule has 0 radical (unpaired) electrons. The Morgan fingerprint density at radius 1 is 0.466 bits per heavy atom. The minimum absolute atomic E-state index is 0.701. The molecule has 5 nitrogen and oxygen atoms in total. The van der Waals surface area contributed by atoms with Crippen molar-refractivity contribution in [2.24, 2.45) is 0 Å². The first-order valence-electron chi connectivity index (χ1n) is 19.7. The largest absolute Gasteiger partial charge is 0.426 e. The van der Waals surface area contributed by atoms with Crippen LogP contribution in [0.15, 0.2) is 194 Å². The molecule has 0 aromatic heterocycles. The molecule has 0 aliphatic carbocycles. The fraction of sp³-hybridized carbons (Fsp3) is 0.176. The van der Waals surface area contributed by atoms with Crippen LogP contribution in [0.3, 0.4) is 0 Å². The van der Waals surface area contributed by atoms with Gasteiger partial charge in [-0.15, -0.1) is 0 Å². The van der Waals surface area contributed by atoms with Gasteiger partial charge in [-0.25, -0.2) is 0 Å². The molecular weight excluding hydrogens is 755 g/mol. The highest BCUT2D eigenvalue weighted by Crippen LogP contribution is 2.65. The van der Waals surface area contributed by atoms with Crippen LogP contribution in [0.1, 0.15) is 47.2 Å². The first kappa shape index (κ1) is 38.6. The van der Waals surface area contributed by atoms with E-state index in [1.807, 2.05) is 86.6 Å². The summed E-state index contributed by atoms with van der Waals surface area (Å²) in [5.74, 6) is -0.238. The minimum Gasteiger partial charge on any atom is -0.426 e. The third-order valence-corrected chi connectivity index (χ3v) is 14.9. The van der Waals surface area contributed by atoms with E-state index in [9.17, 15) is 0 Å². The number of ether oxygens (including phenoxy) is 2. The van der Waals surface area contributed by atoms with E-state index in [0.29, 0.717) is 0 Å². The molecule has 7 aromatic rings. The van der Waals surface area contributed by atoms with E-state index in [-0.39, 0.29) is 0 Å². The van der Waals surface area contributed by atoms with Gasteiger partial charge in [0.15, 0.2) is 17.0 Å². The van der Waals surface area contributed by atoms with Crippen LogP contribution >= 0.6 is 16.5 Å². The van der Waals surface area contributed by atoms with Crippen LogP contribution < -0.4 is 20.4 Å². The molecule has 0 saturated carbocycles. The van der Waals surface area contributed by atoms with Crippen LogP contribution in [0.2, 0.25) is 0 Å². The number of benzene rings is 7. The normalized spacial score (nSPS) is 19.6. The summed E-state index contributed by atoms with van der Waals surface area (Å²) in [6, 6.07) is 67.2. The molecule has 2 fully saturated rings. The number of fused-ring (bicyclic) bond motifs is 1. The van der Waals surface area contributed by atoms with Crippen LogP contribution in [0, 0.1) is 13.8 Å². The van der Waals surface area contributed by atoms with E-state index < -0.39 is 45.7 Å². The fourth-order valence-electron chi connectivity index (χ4n) is 8.42. The van der Waals surface area contributed by atoms with Gasteiger partial charge in [-0.3, -0.25) is 9.05 Å². The average molecular weight is 801 g/mol. The smallest absolute Gasteiger partial charge is 0.399 e. The molecule has 0 spiro atoms. The summed E-state index contributed by atoms with van der Waals surface area (Å²) in [5.41, 5.74) is 3.30. The summed E-state index contributed by atoms with van der Waals surface area (Å²) in [5, 5.41) is 3.52. The van der Waals surface area contributed by atoms with Gasteiger partial charge >= 0.3 is 8.60 Å². The Kier molecular flexibility index (Phi) is 10.6. The van der Waals surface area contributed by atoms with Crippen molar-refractivity contribution in [2.45, 2.75) is 56.9 Å². The Hall–Kier alpha value is -4.96. The van der Waals surface area contributed by atoms with Crippen molar-refractivity contribution in [3.63, 3.8) is 0 Å². The molecule has 2 atom stereocenters. The van der Waals surface area contributed by atoms with Crippen molar-refractivity contribution in [1.29, 1.82) is 0 Å². The second kappa shape index (κ2) is 16.0. The topological polar surface area (TPSA) is 46.2 Å². The van der Waals surface area contributed by atoms with Crippen molar-refractivity contribution < 1.29 is 23.0 Å². The molecule has 0 unspecified atom stereocenters. The van der Waals surface area contributed by atoms with Crippen molar-refractivity contribution in [3.8, 4) is 5.75 Å². The molecule has 290 valence electrons. The molecule has 0 N–H and O–H groups in total. The number of hydrogen-bond donors (Lipinski definition) is 0. The maximum absolute atomic E-state index is 7.74. The predicted octanol–water partition coefficient (Wildman–Crippen LogP) is 11.1. The predicted molar refractivity (Wildman–Crippen MR) is 235 cm³/mol. The van der Waals surface area contributed by atoms with Gasteiger partial charge in [-0.2, -0.15) is 0 Å². The van der Waals surface area contributed by atoms with Gasteiger partial charge in [0.05, 0.1) is 0 Å². The molecule has 7 heteroatoms. The molecule has 7 aromatic carbocycles. The van der Waals surface area contributed by atoms with E-state index in [1.165, 1.54) is 10.6 Å². The molecule has 2 saturated heterocycles. The van der Waals surface area contributed by atoms with Crippen molar-refractivity contribution >= 4 is 32.4 Å². The molecule has 58 heavy (non-hydrogen) atoms. The maximum Gasteiger partial charge on any atom is 0.399 e. The summed E-state index contributed by atoms with van der Waals surface area (Å²) >= 11 is 0. The number of rotatable bonds is 9. The second-order valence-corrected chi connectivity index (χ2v) is 18.5. The molecule has 0 bridgehead atoms. The third-order valence-electron chi connectivity index (χ3n) is 11.2.